The molecule has 19 heavy (non-hydrogen) atoms. The first kappa shape index (κ1) is 12.9. The van der Waals surface area contributed by atoms with E-state index in [4.69, 9.17) is 11.6 Å². The summed E-state index contributed by atoms with van der Waals surface area (Å²) in [4.78, 5) is 9.32. The van der Waals surface area contributed by atoms with Crippen molar-refractivity contribution in [3.05, 3.63) is 34.9 Å². The normalized spacial score (nSPS) is 18.3. The van der Waals surface area contributed by atoms with Crippen LogP contribution in [0.4, 0.5) is 0 Å². The molecule has 1 aliphatic rings. The van der Waals surface area contributed by atoms with Gasteiger partial charge in [0.1, 0.15) is 0 Å². The van der Waals surface area contributed by atoms with Gasteiger partial charge in [-0.1, -0.05) is 0 Å². The topological polar surface area (TPSA) is 23.8 Å². The molecule has 3 rings (SSSR count). The van der Waals surface area contributed by atoms with Gasteiger partial charge < -0.3 is 4.90 Å². The fourth-order valence-electron chi connectivity index (χ4n) is 2.55. The Hall–Kier alpha value is -1.10. The molecule has 0 aromatic carbocycles. The van der Waals surface area contributed by atoms with Crippen molar-refractivity contribution in [1.29, 1.82) is 0 Å². The number of imidazole rings is 1. The summed E-state index contributed by atoms with van der Waals surface area (Å²) in [6, 6.07) is 4.21. The number of halogens is 1. The molecule has 3 heterocycles. The highest BCUT2D eigenvalue weighted by Gasteiger charge is 2.17. The van der Waals surface area contributed by atoms with Crippen molar-refractivity contribution in [3.63, 3.8) is 0 Å². The average molecular weight is 279 g/mol. The molecule has 1 aliphatic heterocycles. The van der Waals surface area contributed by atoms with E-state index in [0.29, 0.717) is 5.28 Å². The maximum Gasteiger partial charge on any atom is 0.207 e. The second kappa shape index (κ2) is 5.12. The molecular formula is C14H19ClN4. The first-order valence-electron chi connectivity index (χ1n) is 6.67. The Morgan fingerprint density at radius 3 is 2.74 bits per heavy atom. The quantitative estimate of drug-likeness (QED) is 0.840. The number of nitrogens with zero attached hydrogens (tertiary/aromatic N) is 4. The van der Waals surface area contributed by atoms with Gasteiger partial charge in [0.15, 0.2) is 0 Å². The van der Waals surface area contributed by atoms with Gasteiger partial charge in [-0.25, -0.2) is 4.98 Å². The van der Waals surface area contributed by atoms with Gasteiger partial charge in [0.05, 0.1) is 11.2 Å². The summed E-state index contributed by atoms with van der Waals surface area (Å²) in [5.74, 6) is 0. The van der Waals surface area contributed by atoms with E-state index in [1.54, 1.807) is 0 Å². The molecule has 102 valence electrons. The molecule has 2 aromatic rings. The number of hydrogen-bond acceptors (Lipinski definition) is 3. The van der Waals surface area contributed by atoms with Crippen LogP contribution in [0.15, 0.2) is 18.3 Å². The molecule has 2 aromatic heterocycles. The van der Waals surface area contributed by atoms with Crippen LogP contribution in [0.3, 0.4) is 0 Å². The van der Waals surface area contributed by atoms with Gasteiger partial charge in [-0.05, 0) is 43.3 Å². The van der Waals surface area contributed by atoms with E-state index in [1.807, 2.05) is 10.6 Å². The third kappa shape index (κ3) is 2.61. The molecule has 0 N–H and O–H groups in total. The maximum absolute atomic E-state index is 6.20. The molecule has 0 atom stereocenters. The number of hydrogen-bond donors (Lipinski definition) is 0. The van der Waals surface area contributed by atoms with Crippen LogP contribution in [0.25, 0.3) is 5.52 Å². The fraction of sp³-hybridized carbons (Fsp3) is 0.500. The molecule has 5 heteroatoms. The highest BCUT2D eigenvalue weighted by atomic mass is 35.5. The SMILES string of the molecule is Cc1ccn2c(Cl)nc(CN3CCN(C)CC3)c2c1. The molecule has 0 bridgehead atoms. The minimum atomic E-state index is 0.555. The smallest absolute Gasteiger partial charge is 0.207 e. The van der Waals surface area contributed by atoms with Crippen molar-refractivity contribution in [2.45, 2.75) is 13.5 Å². The highest BCUT2D eigenvalue weighted by molar-refractivity contribution is 6.28. The Bertz CT molecular complexity index is 584. The largest absolute Gasteiger partial charge is 0.304 e. The second-order valence-electron chi connectivity index (χ2n) is 5.37. The van der Waals surface area contributed by atoms with Crippen LogP contribution < -0.4 is 0 Å². The van der Waals surface area contributed by atoms with E-state index in [9.17, 15) is 0 Å². The van der Waals surface area contributed by atoms with Crippen molar-refractivity contribution in [2.24, 2.45) is 0 Å². The number of likely N-dealkylation sites (N-methyl/N-ethyl adjacent to an activating group) is 1. The lowest BCUT2D eigenvalue weighted by molar-refractivity contribution is 0.147. The minimum Gasteiger partial charge on any atom is -0.304 e. The summed E-state index contributed by atoms with van der Waals surface area (Å²) in [5, 5.41) is 0.555. The van der Waals surface area contributed by atoms with Crippen LogP contribution in [-0.2, 0) is 6.54 Å². The number of aromatic nitrogens is 2. The van der Waals surface area contributed by atoms with Crippen molar-refractivity contribution in [2.75, 3.05) is 33.2 Å². The number of aryl methyl sites for hydroxylation is 1. The Morgan fingerprint density at radius 2 is 2.00 bits per heavy atom. The second-order valence-corrected chi connectivity index (χ2v) is 5.70. The van der Waals surface area contributed by atoms with Crippen molar-refractivity contribution < 1.29 is 0 Å². The zero-order chi connectivity index (χ0) is 13.4. The molecule has 0 amide bonds. The van der Waals surface area contributed by atoms with Gasteiger partial charge in [0.2, 0.25) is 5.28 Å². The zero-order valence-corrected chi connectivity index (χ0v) is 12.2. The van der Waals surface area contributed by atoms with Crippen LogP contribution in [0.5, 0.6) is 0 Å². The van der Waals surface area contributed by atoms with Gasteiger partial charge in [-0.2, -0.15) is 0 Å². The van der Waals surface area contributed by atoms with Gasteiger partial charge in [-0.3, -0.25) is 9.30 Å². The van der Waals surface area contributed by atoms with E-state index < -0.39 is 0 Å². The summed E-state index contributed by atoms with van der Waals surface area (Å²) in [5.41, 5.74) is 3.45. The molecule has 0 spiro atoms. The number of pyridine rings is 1. The van der Waals surface area contributed by atoms with Crippen molar-refractivity contribution in [3.8, 4) is 0 Å². The van der Waals surface area contributed by atoms with Crippen molar-refractivity contribution in [1.82, 2.24) is 19.2 Å². The van der Waals surface area contributed by atoms with Crippen LogP contribution in [0.1, 0.15) is 11.3 Å². The minimum absolute atomic E-state index is 0.555. The molecular weight excluding hydrogens is 260 g/mol. The predicted octanol–water partition coefficient (Wildman–Crippen LogP) is 2.04. The van der Waals surface area contributed by atoms with Gasteiger partial charge in [-0.15, -0.1) is 0 Å². The summed E-state index contributed by atoms with van der Waals surface area (Å²) in [7, 11) is 2.17. The third-order valence-corrected chi connectivity index (χ3v) is 4.07. The zero-order valence-electron chi connectivity index (χ0n) is 11.4. The summed E-state index contributed by atoms with van der Waals surface area (Å²) in [6.45, 7) is 7.42. The highest BCUT2D eigenvalue weighted by Crippen LogP contribution is 2.20. The van der Waals surface area contributed by atoms with Crippen LogP contribution in [-0.4, -0.2) is 52.4 Å². The predicted molar refractivity (Wildman–Crippen MR) is 77.7 cm³/mol. The Kier molecular flexibility index (Phi) is 3.48. The van der Waals surface area contributed by atoms with Crippen LogP contribution in [0.2, 0.25) is 5.28 Å². The number of fused-ring (bicyclic) bond motifs is 1. The standard InChI is InChI=1S/C14H19ClN4/c1-11-3-4-19-13(9-11)12(16-14(19)15)10-18-7-5-17(2)6-8-18/h3-4,9H,5-8,10H2,1-2H3. The summed E-state index contributed by atoms with van der Waals surface area (Å²) >= 11 is 6.20. The molecule has 0 radical (unpaired) electrons. The molecule has 1 fully saturated rings. The first-order chi connectivity index (χ1) is 9.13. The molecule has 1 saturated heterocycles. The molecule has 0 aliphatic carbocycles. The molecule has 4 nitrogen and oxygen atoms in total. The van der Waals surface area contributed by atoms with Crippen molar-refractivity contribution >= 4 is 17.1 Å². The Balaban J connectivity index is 1.86. The summed E-state index contributed by atoms with van der Waals surface area (Å²) in [6.07, 6.45) is 1.99. The van der Waals surface area contributed by atoms with E-state index in [-0.39, 0.29) is 0 Å². The van der Waals surface area contributed by atoms with Gasteiger partial charge in [0, 0.05) is 38.9 Å². The van der Waals surface area contributed by atoms with E-state index >= 15 is 0 Å². The monoisotopic (exact) mass is 278 g/mol. The Labute approximate surface area is 118 Å². The number of piperazine rings is 1. The maximum atomic E-state index is 6.20. The third-order valence-electron chi connectivity index (χ3n) is 3.80. The van der Waals surface area contributed by atoms with E-state index in [1.165, 1.54) is 5.56 Å². The van der Waals surface area contributed by atoms with E-state index in [0.717, 1.165) is 43.9 Å². The number of rotatable bonds is 2. The molecule has 0 unspecified atom stereocenters. The van der Waals surface area contributed by atoms with Crippen LogP contribution >= 0.6 is 11.6 Å². The Morgan fingerprint density at radius 1 is 1.26 bits per heavy atom. The average Bonchev–Trinajstić information content (AvgIpc) is 2.69. The lowest BCUT2D eigenvalue weighted by atomic mass is 10.2. The van der Waals surface area contributed by atoms with E-state index in [2.05, 4.69) is 40.9 Å². The van der Waals surface area contributed by atoms with Gasteiger partial charge >= 0.3 is 0 Å². The summed E-state index contributed by atoms with van der Waals surface area (Å²) < 4.78 is 1.96. The van der Waals surface area contributed by atoms with Gasteiger partial charge in [0.25, 0.3) is 0 Å². The first-order valence-corrected chi connectivity index (χ1v) is 7.05. The molecule has 0 saturated carbocycles. The lowest BCUT2D eigenvalue weighted by Crippen LogP contribution is -2.43. The van der Waals surface area contributed by atoms with Crippen LogP contribution in [0, 0.1) is 6.92 Å². The lowest BCUT2D eigenvalue weighted by Gasteiger charge is -2.31. The fourth-order valence-corrected chi connectivity index (χ4v) is 2.80.